The minimum Gasteiger partial charge on any atom is -0.466 e. The largest absolute Gasteiger partial charge is 0.466 e. The summed E-state index contributed by atoms with van der Waals surface area (Å²) in [5.74, 6) is 0.228. The quantitative estimate of drug-likeness (QED) is 0.740. The molecule has 1 unspecified atom stereocenters. The SMILES string of the molecule is CCCOC(=O)CCC(O)C1CCCCCCC1. The highest BCUT2D eigenvalue weighted by molar-refractivity contribution is 5.69. The Bertz CT molecular complexity index is 220. The molecule has 1 N–H and O–H groups in total. The second-order valence-electron chi connectivity index (χ2n) is 5.43. The molecule has 0 saturated heterocycles. The van der Waals surface area contributed by atoms with Crippen LogP contribution < -0.4 is 0 Å². The van der Waals surface area contributed by atoms with Gasteiger partial charge in [-0.2, -0.15) is 0 Å². The molecule has 3 nitrogen and oxygen atoms in total. The summed E-state index contributed by atoms with van der Waals surface area (Å²) in [6.07, 6.45) is 10.1. The van der Waals surface area contributed by atoms with Gasteiger partial charge in [0.1, 0.15) is 0 Å². The summed E-state index contributed by atoms with van der Waals surface area (Å²) in [7, 11) is 0. The standard InChI is InChI=1S/C15H28O3/c1-2-12-18-15(17)11-10-14(16)13-8-6-4-3-5-7-9-13/h13-14,16H,2-12H2,1H3. The molecule has 1 fully saturated rings. The van der Waals surface area contributed by atoms with Crippen LogP contribution >= 0.6 is 0 Å². The van der Waals surface area contributed by atoms with Gasteiger partial charge in [-0.25, -0.2) is 0 Å². The van der Waals surface area contributed by atoms with E-state index >= 15 is 0 Å². The van der Waals surface area contributed by atoms with Gasteiger partial charge >= 0.3 is 5.97 Å². The fraction of sp³-hybridized carbons (Fsp3) is 0.933. The van der Waals surface area contributed by atoms with Crippen molar-refractivity contribution in [2.24, 2.45) is 5.92 Å². The van der Waals surface area contributed by atoms with Crippen molar-refractivity contribution in [1.82, 2.24) is 0 Å². The second-order valence-corrected chi connectivity index (χ2v) is 5.43. The van der Waals surface area contributed by atoms with Gasteiger partial charge in [0, 0.05) is 6.42 Å². The van der Waals surface area contributed by atoms with Gasteiger partial charge in [0.25, 0.3) is 0 Å². The molecule has 0 aromatic rings. The molecule has 1 rings (SSSR count). The highest BCUT2D eigenvalue weighted by Gasteiger charge is 2.20. The van der Waals surface area contributed by atoms with Gasteiger partial charge in [0.15, 0.2) is 0 Å². The van der Waals surface area contributed by atoms with E-state index in [0.29, 0.717) is 25.4 Å². The molecule has 0 amide bonds. The Balaban J connectivity index is 2.21. The smallest absolute Gasteiger partial charge is 0.305 e. The second kappa shape index (κ2) is 9.37. The zero-order chi connectivity index (χ0) is 13.2. The summed E-state index contributed by atoms with van der Waals surface area (Å²) in [6, 6.07) is 0. The van der Waals surface area contributed by atoms with Crippen molar-refractivity contribution in [3.63, 3.8) is 0 Å². The Morgan fingerprint density at radius 2 is 1.83 bits per heavy atom. The molecule has 0 aliphatic heterocycles. The minimum absolute atomic E-state index is 0.165. The van der Waals surface area contributed by atoms with Gasteiger partial charge in [-0.15, -0.1) is 0 Å². The van der Waals surface area contributed by atoms with E-state index in [1.807, 2.05) is 6.92 Å². The third-order valence-corrected chi connectivity index (χ3v) is 3.81. The van der Waals surface area contributed by atoms with Crippen LogP contribution in [0.5, 0.6) is 0 Å². The molecule has 0 radical (unpaired) electrons. The summed E-state index contributed by atoms with van der Waals surface area (Å²) >= 11 is 0. The average Bonchev–Trinajstić information content (AvgIpc) is 2.33. The summed E-state index contributed by atoms with van der Waals surface area (Å²) in [4.78, 5) is 11.4. The van der Waals surface area contributed by atoms with Crippen molar-refractivity contribution in [1.29, 1.82) is 0 Å². The number of aliphatic hydroxyl groups excluding tert-OH is 1. The zero-order valence-corrected chi connectivity index (χ0v) is 11.7. The molecule has 0 heterocycles. The molecule has 18 heavy (non-hydrogen) atoms. The van der Waals surface area contributed by atoms with E-state index in [2.05, 4.69) is 0 Å². The van der Waals surface area contributed by atoms with Crippen molar-refractivity contribution >= 4 is 5.97 Å². The third-order valence-electron chi connectivity index (χ3n) is 3.81. The van der Waals surface area contributed by atoms with Crippen LogP contribution in [0.15, 0.2) is 0 Å². The molecule has 0 spiro atoms. The van der Waals surface area contributed by atoms with Crippen LogP contribution in [0.1, 0.15) is 71.1 Å². The lowest BCUT2D eigenvalue weighted by Gasteiger charge is -2.24. The van der Waals surface area contributed by atoms with Gasteiger partial charge < -0.3 is 9.84 Å². The molecule has 0 bridgehead atoms. The van der Waals surface area contributed by atoms with Gasteiger partial charge in [-0.1, -0.05) is 39.0 Å². The number of carbonyl (C=O) groups excluding carboxylic acids is 1. The van der Waals surface area contributed by atoms with Crippen LogP contribution in [-0.2, 0) is 9.53 Å². The number of hydrogen-bond donors (Lipinski definition) is 1. The molecule has 0 aromatic carbocycles. The molecule has 0 aromatic heterocycles. The molecular formula is C15H28O3. The maximum Gasteiger partial charge on any atom is 0.305 e. The maximum absolute atomic E-state index is 11.4. The maximum atomic E-state index is 11.4. The minimum atomic E-state index is -0.322. The topological polar surface area (TPSA) is 46.5 Å². The summed E-state index contributed by atoms with van der Waals surface area (Å²) in [6.45, 7) is 2.48. The lowest BCUT2D eigenvalue weighted by atomic mass is 9.85. The van der Waals surface area contributed by atoms with Gasteiger partial charge in [-0.3, -0.25) is 4.79 Å². The fourth-order valence-electron chi connectivity index (χ4n) is 2.66. The molecule has 1 atom stereocenters. The van der Waals surface area contributed by atoms with Crippen LogP contribution in [0.2, 0.25) is 0 Å². The molecular weight excluding hydrogens is 228 g/mol. The molecule has 3 heteroatoms. The van der Waals surface area contributed by atoms with E-state index < -0.39 is 0 Å². The first-order valence-corrected chi connectivity index (χ1v) is 7.57. The number of ether oxygens (including phenoxy) is 1. The van der Waals surface area contributed by atoms with Crippen LogP contribution in [0.4, 0.5) is 0 Å². The van der Waals surface area contributed by atoms with E-state index in [0.717, 1.165) is 19.3 Å². The van der Waals surface area contributed by atoms with Crippen LogP contribution in [0.3, 0.4) is 0 Å². The summed E-state index contributed by atoms with van der Waals surface area (Å²) in [5, 5.41) is 10.2. The Hall–Kier alpha value is -0.570. The normalized spacial score (nSPS) is 19.9. The molecule has 1 saturated carbocycles. The summed E-state index contributed by atoms with van der Waals surface area (Å²) in [5.41, 5.74) is 0. The third kappa shape index (κ3) is 6.39. The van der Waals surface area contributed by atoms with Gasteiger partial charge in [0.05, 0.1) is 12.7 Å². The van der Waals surface area contributed by atoms with E-state index in [4.69, 9.17) is 4.74 Å². The van der Waals surface area contributed by atoms with Gasteiger partial charge in [0.2, 0.25) is 0 Å². The Morgan fingerprint density at radius 3 is 2.44 bits per heavy atom. The number of carbonyl (C=O) groups is 1. The lowest BCUT2D eigenvalue weighted by molar-refractivity contribution is -0.144. The highest BCUT2D eigenvalue weighted by Crippen LogP contribution is 2.26. The van der Waals surface area contributed by atoms with E-state index in [1.54, 1.807) is 0 Å². The summed E-state index contributed by atoms with van der Waals surface area (Å²) < 4.78 is 5.02. The molecule has 1 aliphatic rings. The van der Waals surface area contributed by atoms with E-state index in [1.165, 1.54) is 32.1 Å². The number of rotatable bonds is 6. The van der Waals surface area contributed by atoms with Crippen molar-refractivity contribution in [2.75, 3.05) is 6.61 Å². The first-order chi connectivity index (χ1) is 8.74. The Morgan fingerprint density at radius 1 is 1.22 bits per heavy atom. The van der Waals surface area contributed by atoms with Crippen LogP contribution in [-0.4, -0.2) is 23.8 Å². The predicted molar refractivity (Wildman–Crippen MR) is 72.3 cm³/mol. The van der Waals surface area contributed by atoms with Crippen molar-refractivity contribution in [2.45, 2.75) is 77.2 Å². The zero-order valence-electron chi connectivity index (χ0n) is 11.7. The number of esters is 1. The van der Waals surface area contributed by atoms with E-state index in [-0.39, 0.29) is 12.1 Å². The van der Waals surface area contributed by atoms with Crippen molar-refractivity contribution in [3.8, 4) is 0 Å². The first-order valence-electron chi connectivity index (χ1n) is 7.57. The Kier molecular flexibility index (Phi) is 8.06. The van der Waals surface area contributed by atoms with Crippen molar-refractivity contribution in [3.05, 3.63) is 0 Å². The van der Waals surface area contributed by atoms with Crippen LogP contribution in [0.25, 0.3) is 0 Å². The van der Waals surface area contributed by atoms with Crippen molar-refractivity contribution < 1.29 is 14.6 Å². The Labute approximate surface area is 111 Å². The lowest BCUT2D eigenvalue weighted by Crippen LogP contribution is -2.23. The molecule has 1 aliphatic carbocycles. The van der Waals surface area contributed by atoms with E-state index in [9.17, 15) is 9.90 Å². The number of hydrogen-bond acceptors (Lipinski definition) is 3. The molecule has 106 valence electrons. The predicted octanol–water partition coefficient (Wildman–Crippen LogP) is 3.44. The monoisotopic (exact) mass is 256 g/mol. The average molecular weight is 256 g/mol. The first kappa shape index (κ1) is 15.5. The number of aliphatic hydroxyl groups is 1. The fourth-order valence-corrected chi connectivity index (χ4v) is 2.66. The van der Waals surface area contributed by atoms with Crippen LogP contribution in [0, 0.1) is 5.92 Å². The highest BCUT2D eigenvalue weighted by atomic mass is 16.5. The van der Waals surface area contributed by atoms with Gasteiger partial charge in [-0.05, 0) is 31.6 Å².